The molecule has 29 heavy (non-hydrogen) atoms. The number of halogens is 3. The summed E-state index contributed by atoms with van der Waals surface area (Å²) in [6.45, 7) is 4.78. The van der Waals surface area contributed by atoms with Gasteiger partial charge < -0.3 is 9.80 Å². The minimum atomic E-state index is -0.169. The van der Waals surface area contributed by atoms with E-state index in [1.54, 1.807) is 24.3 Å². The second kappa shape index (κ2) is 8.90. The quantitative estimate of drug-likeness (QED) is 0.706. The van der Waals surface area contributed by atoms with Crippen LogP contribution in [0.5, 0.6) is 0 Å². The summed E-state index contributed by atoms with van der Waals surface area (Å²) >= 11 is 12.1. The SMILES string of the molecule is O=C(c1ccc(Cl)c(Cl)c1)N1CCC[C@H](N2CCN(c3ccccc3F)CC2)C1. The van der Waals surface area contributed by atoms with E-state index in [2.05, 4.69) is 9.80 Å². The third-order valence-corrected chi connectivity index (χ3v) is 6.61. The van der Waals surface area contributed by atoms with Gasteiger partial charge in [0.15, 0.2) is 0 Å². The number of carbonyl (C=O) groups excluding carboxylic acids is 1. The maximum absolute atomic E-state index is 14.1. The molecule has 0 aliphatic carbocycles. The van der Waals surface area contributed by atoms with Crippen LogP contribution in [-0.2, 0) is 0 Å². The Labute approximate surface area is 180 Å². The molecule has 2 fully saturated rings. The third-order valence-electron chi connectivity index (χ3n) is 5.87. The standard InChI is InChI=1S/C22H24Cl2FN3O/c23-18-8-7-16(14-19(18)24)22(29)28-9-3-4-17(15-28)26-10-12-27(13-11-26)21-6-2-1-5-20(21)25/h1-2,5-8,14,17H,3-4,9-13,15H2/t17-/m0/s1. The van der Waals surface area contributed by atoms with Gasteiger partial charge in [-0.05, 0) is 43.2 Å². The van der Waals surface area contributed by atoms with Gasteiger partial charge in [0, 0.05) is 50.9 Å². The predicted molar refractivity (Wildman–Crippen MR) is 116 cm³/mol. The molecule has 0 aromatic heterocycles. The van der Waals surface area contributed by atoms with Gasteiger partial charge in [-0.15, -0.1) is 0 Å². The summed E-state index contributed by atoms with van der Waals surface area (Å²) in [6, 6.07) is 12.3. The average molecular weight is 436 g/mol. The number of amides is 1. The van der Waals surface area contributed by atoms with Gasteiger partial charge in [-0.3, -0.25) is 9.69 Å². The first kappa shape index (κ1) is 20.5. The molecule has 0 saturated carbocycles. The minimum absolute atomic E-state index is 0.00161. The largest absolute Gasteiger partial charge is 0.367 e. The van der Waals surface area contributed by atoms with E-state index in [4.69, 9.17) is 23.2 Å². The topological polar surface area (TPSA) is 26.8 Å². The number of likely N-dealkylation sites (tertiary alicyclic amines) is 1. The molecule has 2 aromatic carbocycles. The molecule has 0 unspecified atom stereocenters. The highest BCUT2D eigenvalue weighted by atomic mass is 35.5. The fourth-order valence-electron chi connectivity index (χ4n) is 4.29. The molecule has 2 aliphatic rings. The summed E-state index contributed by atoms with van der Waals surface area (Å²) in [5.41, 5.74) is 1.25. The lowest BCUT2D eigenvalue weighted by atomic mass is 10.0. The zero-order valence-electron chi connectivity index (χ0n) is 16.2. The third kappa shape index (κ3) is 4.52. The van der Waals surface area contributed by atoms with E-state index in [9.17, 15) is 9.18 Å². The normalized spacial score (nSPS) is 20.7. The minimum Gasteiger partial charge on any atom is -0.367 e. The first-order valence-electron chi connectivity index (χ1n) is 10.0. The van der Waals surface area contributed by atoms with E-state index in [1.807, 2.05) is 17.0 Å². The van der Waals surface area contributed by atoms with Gasteiger partial charge in [0.1, 0.15) is 5.82 Å². The van der Waals surface area contributed by atoms with Crippen molar-refractivity contribution in [3.63, 3.8) is 0 Å². The van der Waals surface area contributed by atoms with E-state index >= 15 is 0 Å². The van der Waals surface area contributed by atoms with Crippen LogP contribution >= 0.6 is 23.2 Å². The monoisotopic (exact) mass is 435 g/mol. The van der Waals surface area contributed by atoms with Crippen LogP contribution in [0.25, 0.3) is 0 Å². The molecule has 1 amide bonds. The van der Waals surface area contributed by atoms with E-state index in [0.717, 1.165) is 45.6 Å². The van der Waals surface area contributed by atoms with Gasteiger partial charge in [-0.2, -0.15) is 0 Å². The number of benzene rings is 2. The molecule has 154 valence electrons. The summed E-state index contributed by atoms with van der Waals surface area (Å²) in [5.74, 6) is -0.171. The maximum Gasteiger partial charge on any atom is 0.253 e. The average Bonchev–Trinajstić information content (AvgIpc) is 2.76. The number of piperazine rings is 1. The molecule has 0 spiro atoms. The van der Waals surface area contributed by atoms with Crippen molar-refractivity contribution in [2.75, 3.05) is 44.2 Å². The Morgan fingerprint density at radius 3 is 2.45 bits per heavy atom. The molecule has 2 aromatic rings. The summed E-state index contributed by atoms with van der Waals surface area (Å²) in [7, 11) is 0. The number of anilines is 1. The molecule has 2 saturated heterocycles. The van der Waals surface area contributed by atoms with Gasteiger partial charge in [0.2, 0.25) is 0 Å². The molecule has 2 heterocycles. The van der Waals surface area contributed by atoms with Crippen molar-refractivity contribution in [3.8, 4) is 0 Å². The van der Waals surface area contributed by atoms with Crippen molar-refractivity contribution >= 4 is 34.8 Å². The number of para-hydroxylation sites is 1. The summed E-state index contributed by atoms with van der Waals surface area (Å²) in [4.78, 5) is 19.4. The van der Waals surface area contributed by atoms with E-state index < -0.39 is 0 Å². The van der Waals surface area contributed by atoms with Gasteiger partial charge in [-0.1, -0.05) is 35.3 Å². The van der Waals surface area contributed by atoms with Crippen molar-refractivity contribution in [3.05, 3.63) is 63.9 Å². The van der Waals surface area contributed by atoms with Crippen LogP contribution < -0.4 is 4.90 Å². The van der Waals surface area contributed by atoms with Crippen LogP contribution in [0, 0.1) is 5.82 Å². The van der Waals surface area contributed by atoms with Crippen LogP contribution in [0.2, 0.25) is 10.0 Å². The number of piperidine rings is 1. The smallest absolute Gasteiger partial charge is 0.253 e. The summed E-state index contributed by atoms with van der Waals surface area (Å²) < 4.78 is 14.1. The Hall–Kier alpha value is -1.82. The van der Waals surface area contributed by atoms with Gasteiger partial charge >= 0.3 is 0 Å². The molecule has 7 heteroatoms. The fourth-order valence-corrected chi connectivity index (χ4v) is 4.58. The molecule has 4 nitrogen and oxygen atoms in total. The number of nitrogens with zero attached hydrogens (tertiary/aromatic N) is 3. The van der Waals surface area contributed by atoms with Gasteiger partial charge in [0.05, 0.1) is 15.7 Å². The van der Waals surface area contributed by atoms with Crippen molar-refractivity contribution in [1.82, 2.24) is 9.80 Å². The lowest BCUT2D eigenvalue weighted by Crippen LogP contribution is -2.56. The highest BCUT2D eigenvalue weighted by Crippen LogP contribution is 2.26. The molecule has 2 aliphatic heterocycles. The maximum atomic E-state index is 14.1. The van der Waals surface area contributed by atoms with Crippen molar-refractivity contribution in [2.45, 2.75) is 18.9 Å². The van der Waals surface area contributed by atoms with Crippen molar-refractivity contribution in [2.24, 2.45) is 0 Å². The highest BCUT2D eigenvalue weighted by Gasteiger charge is 2.31. The van der Waals surface area contributed by atoms with Crippen LogP contribution in [0.4, 0.5) is 10.1 Å². The molecule has 4 rings (SSSR count). The molecule has 0 radical (unpaired) electrons. The molecular weight excluding hydrogens is 412 g/mol. The zero-order chi connectivity index (χ0) is 20.4. The van der Waals surface area contributed by atoms with Crippen LogP contribution in [0.3, 0.4) is 0 Å². The summed E-state index contributed by atoms with van der Waals surface area (Å²) in [5, 5.41) is 0.850. The van der Waals surface area contributed by atoms with E-state index in [-0.39, 0.29) is 11.7 Å². The van der Waals surface area contributed by atoms with E-state index in [1.165, 1.54) is 6.07 Å². The highest BCUT2D eigenvalue weighted by molar-refractivity contribution is 6.42. The second-order valence-electron chi connectivity index (χ2n) is 7.65. The molecule has 1 atom stereocenters. The van der Waals surface area contributed by atoms with Gasteiger partial charge in [0.25, 0.3) is 5.91 Å². The van der Waals surface area contributed by atoms with Crippen molar-refractivity contribution < 1.29 is 9.18 Å². The Bertz CT molecular complexity index is 886. The molecule has 0 bridgehead atoms. The van der Waals surface area contributed by atoms with Crippen LogP contribution in [-0.4, -0.2) is 61.0 Å². The van der Waals surface area contributed by atoms with Gasteiger partial charge in [-0.25, -0.2) is 4.39 Å². The molecular formula is C22H24Cl2FN3O. The first-order chi connectivity index (χ1) is 14.0. The number of carbonyl (C=O) groups is 1. The second-order valence-corrected chi connectivity index (χ2v) is 8.46. The van der Waals surface area contributed by atoms with E-state index in [0.29, 0.717) is 33.9 Å². The Kier molecular flexibility index (Phi) is 6.28. The van der Waals surface area contributed by atoms with Crippen LogP contribution in [0.15, 0.2) is 42.5 Å². The fraction of sp³-hybridized carbons (Fsp3) is 0.409. The van der Waals surface area contributed by atoms with Crippen LogP contribution in [0.1, 0.15) is 23.2 Å². The first-order valence-corrected chi connectivity index (χ1v) is 10.8. The van der Waals surface area contributed by atoms with Crippen molar-refractivity contribution in [1.29, 1.82) is 0 Å². The summed E-state index contributed by atoms with van der Waals surface area (Å²) in [6.07, 6.45) is 2.05. The Morgan fingerprint density at radius 1 is 0.966 bits per heavy atom. The number of hydrogen-bond acceptors (Lipinski definition) is 3. The Balaban J connectivity index is 1.37. The lowest BCUT2D eigenvalue weighted by molar-refractivity contribution is 0.0563. The predicted octanol–water partition coefficient (Wildman–Crippen LogP) is 4.56. The Morgan fingerprint density at radius 2 is 1.72 bits per heavy atom. The lowest BCUT2D eigenvalue weighted by Gasteiger charge is -2.44. The molecule has 0 N–H and O–H groups in total. The number of rotatable bonds is 3. The zero-order valence-corrected chi connectivity index (χ0v) is 17.7. The number of hydrogen-bond donors (Lipinski definition) is 0.